The number of benzene rings is 2. The highest BCUT2D eigenvalue weighted by atomic mass is 16.1. The lowest BCUT2D eigenvalue weighted by molar-refractivity contribution is -0.111. The average molecular weight is 558 g/mol. The molecule has 1 amide bonds. The number of hydrogen-bond acceptors (Lipinski definition) is 5. The first kappa shape index (κ1) is 26.2. The van der Waals surface area contributed by atoms with Gasteiger partial charge in [0.25, 0.3) is 0 Å². The number of hydrogen-bond donors (Lipinski definition) is 2. The van der Waals surface area contributed by atoms with E-state index in [1.165, 1.54) is 24.6 Å². The van der Waals surface area contributed by atoms with E-state index in [2.05, 4.69) is 86.1 Å². The molecule has 42 heavy (non-hydrogen) atoms. The normalized spacial score (nSPS) is 15.7. The lowest BCUT2D eigenvalue weighted by atomic mass is 9.96. The molecule has 212 valence electrons. The van der Waals surface area contributed by atoms with Crippen molar-refractivity contribution in [2.24, 2.45) is 0 Å². The van der Waals surface area contributed by atoms with Crippen LogP contribution in [0.5, 0.6) is 0 Å². The van der Waals surface area contributed by atoms with Gasteiger partial charge in [-0.2, -0.15) is 5.10 Å². The summed E-state index contributed by atoms with van der Waals surface area (Å²) in [7, 11) is 2.18. The number of fused-ring (bicyclic) bond motifs is 1. The molecular weight excluding hydrogens is 522 g/mol. The zero-order chi connectivity index (χ0) is 28.8. The molecule has 4 heterocycles. The smallest absolute Gasteiger partial charge is 0.247 e. The third kappa shape index (κ3) is 4.99. The SMILES string of the molecule is C=CC(=O)Nc1cc(-c2c(-c3ccc(N4CCN(C)CC4)cc3)[nH]c3ncc(-c4cnn(C5CC5)c4)cc23)ccc1C. The molecule has 2 aliphatic rings. The van der Waals surface area contributed by atoms with E-state index in [0.717, 1.165) is 82.0 Å². The van der Waals surface area contributed by atoms with Gasteiger partial charge in [0.05, 0.1) is 17.9 Å². The molecule has 2 fully saturated rings. The summed E-state index contributed by atoms with van der Waals surface area (Å²) in [5.74, 6) is -0.231. The molecule has 7 rings (SSSR count). The van der Waals surface area contributed by atoms with Crippen LogP contribution in [0.3, 0.4) is 0 Å². The van der Waals surface area contributed by atoms with E-state index in [4.69, 9.17) is 4.98 Å². The van der Waals surface area contributed by atoms with Crippen LogP contribution in [-0.2, 0) is 4.79 Å². The molecule has 0 radical (unpaired) electrons. The van der Waals surface area contributed by atoms with Crippen LogP contribution in [0, 0.1) is 6.92 Å². The highest BCUT2D eigenvalue weighted by molar-refractivity contribution is 6.05. The molecule has 8 heteroatoms. The first-order valence-corrected chi connectivity index (χ1v) is 14.6. The Balaban J connectivity index is 1.34. The maximum atomic E-state index is 12.2. The van der Waals surface area contributed by atoms with Crippen molar-refractivity contribution in [3.63, 3.8) is 0 Å². The fraction of sp³-hybridized carbons (Fsp3) is 0.265. The van der Waals surface area contributed by atoms with Crippen molar-refractivity contribution < 1.29 is 4.79 Å². The van der Waals surface area contributed by atoms with Crippen LogP contribution in [0.15, 0.2) is 79.8 Å². The van der Waals surface area contributed by atoms with Crippen LogP contribution in [-0.4, -0.2) is 63.8 Å². The topological polar surface area (TPSA) is 82.1 Å². The number of carbonyl (C=O) groups excluding carboxylic acids is 1. The average Bonchev–Trinajstić information content (AvgIpc) is 3.62. The summed E-state index contributed by atoms with van der Waals surface area (Å²) in [4.78, 5) is 25.5. The fourth-order valence-corrected chi connectivity index (χ4v) is 5.77. The minimum absolute atomic E-state index is 0.231. The Morgan fingerprint density at radius 1 is 0.976 bits per heavy atom. The van der Waals surface area contributed by atoms with Crippen molar-refractivity contribution in [2.45, 2.75) is 25.8 Å². The molecule has 0 spiro atoms. The van der Waals surface area contributed by atoms with Gasteiger partial charge in [-0.15, -0.1) is 0 Å². The minimum Gasteiger partial charge on any atom is -0.369 e. The Hall–Kier alpha value is -4.69. The number of H-pyrrole nitrogens is 1. The monoisotopic (exact) mass is 557 g/mol. The molecule has 1 saturated carbocycles. The molecule has 0 unspecified atom stereocenters. The highest BCUT2D eigenvalue weighted by Crippen LogP contribution is 2.41. The third-order valence-electron chi connectivity index (χ3n) is 8.50. The number of nitrogens with zero attached hydrogens (tertiary/aromatic N) is 5. The molecule has 0 bridgehead atoms. The van der Waals surface area contributed by atoms with E-state index in [1.54, 1.807) is 0 Å². The zero-order valence-electron chi connectivity index (χ0n) is 24.1. The molecule has 8 nitrogen and oxygen atoms in total. The van der Waals surface area contributed by atoms with Crippen molar-refractivity contribution >= 4 is 28.3 Å². The van der Waals surface area contributed by atoms with Gasteiger partial charge in [-0.05, 0) is 73.8 Å². The van der Waals surface area contributed by atoms with E-state index in [1.807, 2.05) is 31.5 Å². The van der Waals surface area contributed by atoms with Crippen LogP contribution in [0.4, 0.5) is 11.4 Å². The van der Waals surface area contributed by atoms with Crippen LogP contribution in [0.1, 0.15) is 24.4 Å². The Morgan fingerprint density at radius 3 is 2.48 bits per heavy atom. The number of rotatable bonds is 7. The number of amides is 1. The number of anilines is 2. The van der Waals surface area contributed by atoms with Crippen LogP contribution >= 0.6 is 0 Å². The van der Waals surface area contributed by atoms with Gasteiger partial charge >= 0.3 is 0 Å². The van der Waals surface area contributed by atoms with Crippen LogP contribution < -0.4 is 10.2 Å². The molecule has 5 aromatic rings. The van der Waals surface area contributed by atoms with Gasteiger partial charge < -0.3 is 20.1 Å². The lowest BCUT2D eigenvalue weighted by Crippen LogP contribution is -2.44. The fourth-order valence-electron chi connectivity index (χ4n) is 5.77. The molecule has 1 aliphatic heterocycles. The second kappa shape index (κ2) is 10.6. The Bertz CT molecular complexity index is 1790. The summed E-state index contributed by atoms with van der Waals surface area (Å²) < 4.78 is 2.07. The summed E-state index contributed by atoms with van der Waals surface area (Å²) in [5.41, 5.74) is 10.0. The number of carbonyl (C=O) groups is 1. The molecule has 2 aromatic carbocycles. The van der Waals surface area contributed by atoms with Crippen molar-refractivity contribution in [2.75, 3.05) is 43.4 Å². The second-order valence-corrected chi connectivity index (χ2v) is 11.5. The van der Waals surface area contributed by atoms with Crippen molar-refractivity contribution in [3.8, 4) is 33.5 Å². The number of aromatic nitrogens is 4. The van der Waals surface area contributed by atoms with Gasteiger partial charge in [0, 0.05) is 72.0 Å². The molecule has 0 atom stereocenters. The van der Waals surface area contributed by atoms with Crippen LogP contribution in [0.2, 0.25) is 0 Å². The molecular formula is C34H35N7O. The van der Waals surface area contributed by atoms with Gasteiger partial charge in [-0.3, -0.25) is 9.48 Å². The van der Waals surface area contributed by atoms with E-state index in [9.17, 15) is 4.79 Å². The van der Waals surface area contributed by atoms with E-state index >= 15 is 0 Å². The molecule has 3 aromatic heterocycles. The first-order valence-electron chi connectivity index (χ1n) is 14.6. The predicted molar refractivity (Wildman–Crippen MR) is 170 cm³/mol. The standard InChI is InChI=1S/C34H35N7O/c1-4-31(42)37-30-18-24(6-5-22(30)2)32-29-17-25(26-20-36-41(21-26)28-11-12-28)19-35-34(29)38-33(32)23-7-9-27(10-8-23)40-15-13-39(3)14-16-40/h4-10,17-21,28H,1,11-16H2,2-3H3,(H,35,38)(H,37,42). The molecule has 1 saturated heterocycles. The third-order valence-corrected chi connectivity index (χ3v) is 8.50. The molecule has 1 aliphatic carbocycles. The maximum Gasteiger partial charge on any atom is 0.247 e. The Labute approximate surface area is 245 Å². The summed E-state index contributed by atoms with van der Waals surface area (Å²) in [6.07, 6.45) is 9.65. The predicted octanol–water partition coefficient (Wildman–Crippen LogP) is 6.28. The minimum atomic E-state index is -0.231. The van der Waals surface area contributed by atoms with Gasteiger partial charge in [0.15, 0.2) is 0 Å². The van der Waals surface area contributed by atoms with Crippen molar-refractivity contribution in [1.82, 2.24) is 24.6 Å². The summed E-state index contributed by atoms with van der Waals surface area (Å²) >= 11 is 0. The largest absolute Gasteiger partial charge is 0.369 e. The van der Waals surface area contributed by atoms with E-state index in [-0.39, 0.29) is 5.91 Å². The van der Waals surface area contributed by atoms with Crippen LogP contribution in [0.25, 0.3) is 44.5 Å². The number of aromatic amines is 1. The first-order chi connectivity index (χ1) is 20.5. The number of piperazine rings is 1. The second-order valence-electron chi connectivity index (χ2n) is 11.5. The van der Waals surface area contributed by atoms with Crippen molar-refractivity contribution in [3.05, 3.63) is 85.3 Å². The van der Waals surface area contributed by atoms with Gasteiger partial charge in [0.1, 0.15) is 5.65 Å². The van der Waals surface area contributed by atoms with E-state index < -0.39 is 0 Å². The quantitative estimate of drug-likeness (QED) is 0.230. The molecule has 2 N–H and O–H groups in total. The summed E-state index contributed by atoms with van der Waals surface area (Å²) in [6.45, 7) is 9.80. The number of pyridine rings is 1. The Morgan fingerprint density at radius 2 is 1.74 bits per heavy atom. The lowest BCUT2D eigenvalue weighted by Gasteiger charge is -2.34. The van der Waals surface area contributed by atoms with E-state index in [0.29, 0.717) is 6.04 Å². The number of nitrogens with one attached hydrogen (secondary N) is 2. The summed E-state index contributed by atoms with van der Waals surface area (Å²) in [5, 5.41) is 8.59. The Kier molecular flexibility index (Phi) is 6.63. The number of aryl methyl sites for hydroxylation is 1. The summed E-state index contributed by atoms with van der Waals surface area (Å²) in [6, 6.07) is 17.7. The highest BCUT2D eigenvalue weighted by Gasteiger charge is 2.25. The van der Waals surface area contributed by atoms with Crippen molar-refractivity contribution in [1.29, 1.82) is 0 Å². The number of likely N-dealkylation sites (N-methyl/N-ethyl adjacent to an activating group) is 1. The maximum absolute atomic E-state index is 12.2. The van der Waals surface area contributed by atoms with Gasteiger partial charge in [-0.25, -0.2) is 4.98 Å². The van der Waals surface area contributed by atoms with Gasteiger partial charge in [-0.1, -0.05) is 30.8 Å². The zero-order valence-corrected chi connectivity index (χ0v) is 24.1. The van der Waals surface area contributed by atoms with Gasteiger partial charge in [0.2, 0.25) is 5.91 Å².